The molecule has 2 aromatic carbocycles. The van der Waals surface area contributed by atoms with Crippen molar-refractivity contribution in [2.24, 2.45) is 17.8 Å². The first-order valence-electron chi connectivity index (χ1n) is 14.0. The topological polar surface area (TPSA) is 140 Å². The Balaban J connectivity index is 1.43. The molecule has 1 spiro atoms. The molecule has 9 nitrogen and oxygen atoms in total. The van der Waals surface area contributed by atoms with Gasteiger partial charge in [-0.3, -0.25) is 14.5 Å². The van der Waals surface area contributed by atoms with Crippen LogP contribution in [0.3, 0.4) is 0 Å². The van der Waals surface area contributed by atoms with Crippen molar-refractivity contribution in [3.05, 3.63) is 89.7 Å². The fraction of sp³-hybridized carbons (Fsp3) is 0.333. The third-order valence-electron chi connectivity index (χ3n) is 9.13. The number of phenolic OH excluding ortho intramolecular Hbond substituents is 2. The summed E-state index contributed by atoms with van der Waals surface area (Å²) in [5.41, 5.74) is -0.386. The molecule has 224 valence electrons. The molecule has 2 aromatic rings. The van der Waals surface area contributed by atoms with Crippen LogP contribution in [0.2, 0.25) is 0 Å². The second-order valence-electron chi connectivity index (χ2n) is 11.2. The number of thioether (sulfide) groups is 1. The number of fused-ring (bicyclic) bond motifs is 3. The lowest BCUT2D eigenvalue weighted by Gasteiger charge is -2.47. The van der Waals surface area contributed by atoms with Gasteiger partial charge in [0.1, 0.15) is 5.76 Å². The number of aromatic hydroxyl groups is 2. The van der Waals surface area contributed by atoms with Gasteiger partial charge in [0, 0.05) is 41.5 Å². The van der Waals surface area contributed by atoms with Crippen molar-refractivity contribution in [1.29, 1.82) is 0 Å². The minimum atomic E-state index is -1.51. The Bertz CT molecular complexity index is 1580. The molecule has 2 saturated heterocycles. The van der Waals surface area contributed by atoms with Crippen molar-refractivity contribution in [3.8, 4) is 23.0 Å². The summed E-state index contributed by atoms with van der Waals surface area (Å²) in [5.74, 6) is -2.44. The van der Waals surface area contributed by atoms with Crippen molar-refractivity contribution >= 4 is 29.4 Å². The van der Waals surface area contributed by atoms with Crippen LogP contribution in [0.4, 0.5) is 0 Å². The lowest BCUT2D eigenvalue weighted by atomic mass is 9.70. The fourth-order valence-corrected chi connectivity index (χ4v) is 8.64. The molecular weight excluding hydrogens is 570 g/mol. The average Bonchev–Trinajstić information content (AvgIpc) is 3.65. The van der Waals surface area contributed by atoms with Gasteiger partial charge >= 0.3 is 0 Å². The van der Waals surface area contributed by atoms with Crippen LogP contribution in [-0.2, 0) is 9.59 Å². The van der Waals surface area contributed by atoms with E-state index in [1.54, 1.807) is 66.4 Å². The molecule has 0 aromatic heterocycles. The molecule has 7 atom stereocenters. The summed E-state index contributed by atoms with van der Waals surface area (Å²) in [6, 6.07) is 9.03. The smallest absolute Gasteiger partial charge is 0.164 e. The van der Waals surface area contributed by atoms with Gasteiger partial charge < -0.3 is 29.9 Å². The number of rotatable bonds is 7. The molecule has 6 rings (SSSR count). The van der Waals surface area contributed by atoms with E-state index in [2.05, 4.69) is 0 Å². The summed E-state index contributed by atoms with van der Waals surface area (Å²) < 4.78 is 10.4. The molecule has 4 aliphatic rings. The third-order valence-corrected chi connectivity index (χ3v) is 10.2. The molecular formula is C33H32NO8S-. The van der Waals surface area contributed by atoms with E-state index in [1.165, 1.54) is 32.4 Å². The highest BCUT2D eigenvalue weighted by Gasteiger charge is 2.70. The van der Waals surface area contributed by atoms with Gasteiger partial charge in [0.15, 0.2) is 34.6 Å². The van der Waals surface area contributed by atoms with Gasteiger partial charge in [-0.1, -0.05) is 48.6 Å². The maximum absolute atomic E-state index is 14.5. The van der Waals surface area contributed by atoms with Crippen molar-refractivity contribution in [1.82, 2.24) is 4.90 Å². The highest BCUT2D eigenvalue weighted by Crippen LogP contribution is 2.60. The number of nitrogens with zero attached hydrogens (tertiary/aromatic N) is 1. The van der Waals surface area contributed by atoms with Gasteiger partial charge in [-0.25, -0.2) is 0 Å². The van der Waals surface area contributed by atoms with E-state index in [0.29, 0.717) is 28.5 Å². The standard InChI is InChI=1S/C33H32NO8S/c1-41-27-12-8-18(13-25(27)37)7-10-20(35)15-26(38)29-23-16-43-17-34(23)33(30(29)19-9-11-24(36)28(14-19)42-2)31(39)21-5-3-4-6-22(21)32(33)40/h3-15,21-23,29-31,35-37H,16-17H2,1-2H3/q-1/b10-7+,20-15-. The first-order valence-corrected chi connectivity index (χ1v) is 15.1. The summed E-state index contributed by atoms with van der Waals surface area (Å²) in [7, 11) is 2.86. The minimum absolute atomic E-state index is 0.0647. The zero-order chi connectivity index (χ0) is 30.5. The highest BCUT2D eigenvalue weighted by molar-refractivity contribution is 7.99. The molecule has 43 heavy (non-hydrogen) atoms. The largest absolute Gasteiger partial charge is 0.850 e. The number of phenols is 2. The number of methoxy groups -OCH3 is 2. The van der Waals surface area contributed by atoms with E-state index in [4.69, 9.17) is 9.47 Å². The Hall–Kier alpha value is -3.99. The number of carbonyl (C=O) groups is 2. The quantitative estimate of drug-likeness (QED) is 0.246. The predicted octanol–water partition coefficient (Wildman–Crippen LogP) is 3.34. The van der Waals surface area contributed by atoms with Crippen LogP contribution in [0.5, 0.6) is 23.0 Å². The first kappa shape index (κ1) is 29.1. The number of allylic oxidation sites excluding steroid dienone is 5. The number of ketones is 2. The number of Topliss-reactive ketones (excluding diaryl/α,β-unsaturated/α-hetero) is 1. The van der Waals surface area contributed by atoms with E-state index in [-0.39, 0.29) is 28.8 Å². The van der Waals surface area contributed by atoms with Crippen LogP contribution >= 0.6 is 11.8 Å². The van der Waals surface area contributed by atoms with Crippen molar-refractivity contribution in [2.75, 3.05) is 25.8 Å². The van der Waals surface area contributed by atoms with Crippen LogP contribution < -0.4 is 14.6 Å². The molecule has 0 bridgehead atoms. The molecule has 2 aliphatic heterocycles. The van der Waals surface area contributed by atoms with Gasteiger partial charge in [-0.05, 0) is 47.4 Å². The molecule has 10 heteroatoms. The SMILES string of the molecule is COc1ccc(/C=C/C(O)=C/C(=O)C2C3CSCN3C3(C(=O)C4C=CC=CC4C3[O-])C2c2ccc(O)c(OC)c2)cc1O. The summed E-state index contributed by atoms with van der Waals surface area (Å²) in [6.07, 6.45) is 9.85. The van der Waals surface area contributed by atoms with E-state index in [9.17, 15) is 30.0 Å². The van der Waals surface area contributed by atoms with Crippen LogP contribution in [0, 0.1) is 17.8 Å². The zero-order valence-electron chi connectivity index (χ0n) is 23.6. The van der Waals surface area contributed by atoms with Gasteiger partial charge in [0.25, 0.3) is 0 Å². The van der Waals surface area contributed by atoms with Gasteiger partial charge in [-0.2, -0.15) is 0 Å². The van der Waals surface area contributed by atoms with Gasteiger partial charge in [0.05, 0.1) is 19.8 Å². The monoisotopic (exact) mass is 602 g/mol. The predicted molar refractivity (Wildman–Crippen MR) is 160 cm³/mol. The number of hydrogen-bond donors (Lipinski definition) is 3. The third kappa shape index (κ3) is 4.56. The normalized spacial score (nSPS) is 31.6. The second kappa shape index (κ2) is 11.3. The highest BCUT2D eigenvalue weighted by atomic mass is 32.2. The molecule has 1 saturated carbocycles. The molecule has 2 aliphatic carbocycles. The van der Waals surface area contributed by atoms with Crippen LogP contribution in [-0.4, -0.2) is 75.3 Å². The number of aliphatic hydroxyl groups is 1. The number of carbonyl (C=O) groups excluding carboxylic acids is 2. The summed E-state index contributed by atoms with van der Waals surface area (Å²) in [5, 5.41) is 45.7. The van der Waals surface area contributed by atoms with Crippen LogP contribution in [0.15, 0.2) is 78.6 Å². The molecule has 0 radical (unpaired) electrons. The van der Waals surface area contributed by atoms with Crippen LogP contribution in [0.25, 0.3) is 6.08 Å². The van der Waals surface area contributed by atoms with E-state index in [1.807, 2.05) is 4.90 Å². The van der Waals surface area contributed by atoms with Crippen LogP contribution in [0.1, 0.15) is 17.0 Å². The molecule has 3 fully saturated rings. The summed E-state index contributed by atoms with van der Waals surface area (Å²) in [4.78, 5) is 30.5. The van der Waals surface area contributed by atoms with Gasteiger partial charge in [-0.15, -0.1) is 11.8 Å². The Morgan fingerprint density at radius 2 is 1.84 bits per heavy atom. The number of benzene rings is 2. The Kier molecular flexibility index (Phi) is 7.62. The number of ether oxygens (including phenoxy) is 2. The van der Waals surface area contributed by atoms with Crippen molar-refractivity contribution in [2.45, 2.75) is 23.6 Å². The lowest BCUT2D eigenvalue weighted by molar-refractivity contribution is -0.445. The maximum atomic E-state index is 14.5. The first-order chi connectivity index (χ1) is 20.7. The van der Waals surface area contributed by atoms with Crippen molar-refractivity contribution in [3.63, 3.8) is 0 Å². The van der Waals surface area contributed by atoms with E-state index in [0.717, 1.165) is 6.08 Å². The molecule has 2 heterocycles. The average molecular weight is 603 g/mol. The summed E-state index contributed by atoms with van der Waals surface area (Å²) in [6.45, 7) is 0. The van der Waals surface area contributed by atoms with E-state index < -0.39 is 47.1 Å². The molecule has 0 amide bonds. The van der Waals surface area contributed by atoms with Gasteiger partial charge in [0.2, 0.25) is 0 Å². The summed E-state index contributed by atoms with van der Waals surface area (Å²) >= 11 is 1.57. The zero-order valence-corrected chi connectivity index (χ0v) is 24.4. The Labute approximate surface area is 253 Å². The Morgan fingerprint density at radius 1 is 1.07 bits per heavy atom. The lowest BCUT2D eigenvalue weighted by Crippen LogP contribution is -2.63. The Morgan fingerprint density at radius 3 is 2.56 bits per heavy atom. The molecule has 3 N–H and O–H groups in total. The van der Waals surface area contributed by atoms with E-state index >= 15 is 0 Å². The van der Waals surface area contributed by atoms with Crippen molar-refractivity contribution < 1.29 is 39.5 Å². The number of hydrogen-bond acceptors (Lipinski definition) is 10. The molecule has 7 unspecified atom stereocenters. The maximum Gasteiger partial charge on any atom is 0.164 e. The second-order valence-corrected chi connectivity index (χ2v) is 12.2. The number of aliphatic hydroxyl groups excluding tert-OH is 1. The fourth-order valence-electron chi connectivity index (χ4n) is 7.31. The minimum Gasteiger partial charge on any atom is -0.850 e.